The van der Waals surface area contributed by atoms with Crippen LogP contribution in [0.4, 0.5) is 11.6 Å². The summed E-state index contributed by atoms with van der Waals surface area (Å²) in [4.78, 5) is 34.5. The number of carbonyl (C=O) groups is 2. The molecule has 10 nitrogen and oxygen atoms in total. The summed E-state index contributed by atoms with van der Waals surface area (Å²) in [6.45, 7) is 3.67. The van der Waals surface area contributed by atoms with E-state index in [-0.39, 0.29) is 36.0 Å². The number of nitrogens with one attached hydrogen (secondary N) is 2. The van der Waals surface area contributed by atoms with Crippen LogP contribution in [0.1, 0.15) is 21.5 Å². The van der Waals surface area contributed by atoms with Crippen molar-refractivity contribution >= 4 is 29.2 Å². The highest BCUT2D eigenvalue weighted by atomic mass is 16.5. The summed E-state index contributed by atoms with van der Waals surface area (Å²) in [6.07, 6.45) is 2.35. The molecule has 0 unspecified atom stereocenters. The van der Waals surface area contributed by atoms with Gasteiger partial charge in [0.15, 0.2) is 11.5 Å². The van der Waals surface area contributed by atoms with E-state index in [9.17, 15) is 9.59 Å². The Morgan fingerprint density at radius 1 is 1.09 bits per heavy atom. The molecular weight excluding hydrogens is 448 g/mol. The lowest BCUT2D eigenvalue weighted by Crippen LogP contribution is -2.39. The van der Waals surface area contributed by atoms with E-state index in [1.165, 1.54) is 20.5 Å². The SMILES string of the molecule is C=CC(=O)N(CCNc1ncnc(N)c1C(=N)c1ccc(OC)c(OC)c1)C(=O)c1ccccc1. The lowest BCUT2D eigenvalue weighted by molar-refractivity contribution is -0.123. The Bertz CT molecular complexity index is 1250. The van der Waals surface area contributed by atoms with E-state index >= 15 is 0 Å². The highest BCUT2D eigenvalue weighted by Gasteiger charge is 2.22. The van der Waals surface area contributed by atoms with Gasteiger partial charge in [-0.25, -0.2) is 9.97 Å². The van der Waals surface area contributed by atoms with Crippen molar-refractivity contribution in [1.29, 1.82) is 5.41 Å². The second-order valence-corrected chi connectivity index (χ2v) is 7.22. The Kier molecular flexibility index (Phi) is 8.12. The zero-order valence-electron chi connectivity index (χ0n) is 19.4. The van der Waals surface area contributed by atoms with Gasteiger partial charge in [0.25, 0.3) is 11.8 Å². The van der Waals surface area contributed by atoms with Crippen LogP contribution in [-0.4, -0.2) is 59.7 Å². The Hall–Kier alpha value is -4.73. The standard InChI is InChI=1S/C25H26N6O4/c1-4-20(32)31(25(33)16-8-6-5-7-9-16)13-12-28-24-21(23(27)29-15-30-24)22(26)17-10-11-18(34-2)19(14-17)35-3/h4-11,14-15,26H,1,12-13H2,2-3H3,(H3,27,28,29,30). The molecule has 0 saturated carbocycles. The van der Waals surface area contributed by atoms with Crippen LogP contribution < -0.4 is 20.5 Å². The van der Waals surface area contributed by atoms with Crippen LogP contribution >= 0.6 is 0 Å². The summed E-state index contributed by atoms with van der Waals surface area (Å²) >= 11 is 0. The molecule has 180 valence electrons. The van der Waals surface area contributed by atoms with Crippen molar-refractivity contribution < 1.29 is 19.1 Å². The van der Waals surface area contributed by atoms with Crippen molar-refractivity contribution in [2.45, 2.75) is 0 Å². The lowest BCUT2D eigenvalue weighted by atomic mass is 10.0. The van der Waals surface area contributed by atoms with E-state index in [2.05, 4.69) is 21.9 Å². The first-order chi connectivity index (χ1) is 16.9. The fourth-order valence-electron chi connectivity index (χ4n) is 3.36. The maximum atomic E-state index is 12.8. The number of methoxy groups -OCH3 is 2. The number of ether oxygens (including phenoxy) is 2. The third-order valence-corrected chi connectivity index (χ3v) is 5.13. The van der Waals surface area contributed by atoms with Gasteiger partial charge in [-0.2, -0.15) is 0 Å². The molecule has 0 fully saturated rings. The average Bonchev–Trinajstić information content (AvgIpc) is 2.90. The van der Waals surface area contributed by atoms with Crippen molar-refractivity contribution in [2.75, 3.05) is 38.4 Å². The average molecular weight is 475 g/mol. The van der Waals surface area contributed by atoms with E-state index in [0.29, 0.717) is 22.6 Å². The largest absolute Gasteiger partial charge is 0.493 e. The number of imide groups is 1. The van der Waals surface area contributed by atoms with E-state index in [0.717, 1.165) is 11.0 Å². The first-order valence-electron chi connectivity index (χ1n) is 10.6. The van der Waals surface area contributed by atoms with Crippen molar-refractivity contribution in [2.24, 2.45) is 0 Å². The summed E-state index contributed by atoms with van der Waals surface area (Å²) < 4.78 is 10.6. The van der Waals surface area contributed by atoms with E-state index in [4.69, 9.17) is 20.6 Å². The first kappa shape index (κ1) is 24.9. The number of amides is 2. The van der Waals surface area contributed by atoms with Gasteiger partial charge in [0.2, 0.25) is 0 Å². The minimum atomic E-state index is -0.527. The number of rotatable bonds is 10. The normalized spacial score (nSPS) is 10.2. The second-order valence-electron chi connectivity index (χ2n) is 7.22. The van der Waals surface area contributed by atoms with Crippen molar-refractivity contribution in [3.63, 3.8) is 0 Å². The minimum Gasteiger partial charge on any atom is -0.493 e. The highest BCUT2D eigenvalue weighted by Crippen LogP contribution is 2.30. The molecule has 0 aliphatic rings. The summed E-state index contributed by atoms with van der Waals surface area (Å²) in [5, 5.41) is 11.8. The second kappa shape index (κ2) is 11.4. The van der Waals surface area contributed by atoms with E-state index < -0.39 is 11.8 Å². The molecule has 0 radical (unpaired) electrons. The fourth-order valence-corrected chi connectivity index (χ4v) is 3.36. The van der Waals surface area contributed by atoms with E-state index in [1.54, 1.807) is 48.5 Å². The number of anilines is 2. The molecule has 2 aromatic carbocycles. The van der Waals surface area contributed by atoms with Crippen LogP contribution in [0.25, 0.3) is 0 Å². The van der Waals surface area contributed by atoms with Crippen LogP contribution in [0.3, 0.4) is 0 Å². The number of benzene rings is 2. The molecule has 0 atom stereocenters. The van der Waals surface area contributed by atoms with E-state index in [1.807, 2.05) is 0 Å². The maximum Gasteiger partial charge on any atom is 0.260 e. The van der Waals surface area contributed by atoms with Crippen molar-refractivity contribution in [3.8, 4) is 11.5 Å². The monoisotopic (exact) mass is 474 g/mol. The minimum absolute atomic E-state index is 0.0334. The summed E-state index contributed by atoms with van der Waals surface area (Å²) in [5.74, 6) is 0.392. The summed E-state index contributed by atoms with van der Waals surface area (Å²) in [6, 6.07) is 13.5. The van der Waals surface area contributed by atoms with Gasteiger partial charge in [-0.05, 0) is 36.4 Å². The molecule has 2 amide bonds. The number of carbonyl (C=O) groups excluding carboxylic acids is 2. The number of nitrogen functional groups attached to an aromatic ring is 1. The fraction of sp³-hybridized carbons (Fsp3) is 0.160. The predicted octanol–water partition coefficient (Wildman–Crippen LogP) is 2.76. The van der Waals surface area contributed by atoms with Gasteiger partial charge >= 0.3 is 0 Å². The Morgan fingerprint density at radius 2 is 1.80 bits per heavy atom. The zero-order valence-corrected chi connectivity index (χ0v) is 19.4. The summed E-state index contributed by atoms with van der Waals surface area (Å²) in [5.41, 5.74) is 7.32. The highest BCUT2D eigenvalue weighted by molar-refractivity contribution is 6.16. The number of hydrogen-bond donors (Lipinski definition) is 3. The lowest BCUT2D eigenvalue weighted by Gasteiger charge is -2.20. The van der Waals surface area contributed by atoms with Crippen molar-refractivity contribution in [3.05, 3.63) is 84.2 Å². The summed E-state index contributed by atoms with van der Waals surface area (Å²) in [7, 11) is 3.03. The van der Waals surface area contributed by atoms with Gasteiger partial charge in [0, 0.05) is 24.2 Å². The number of nitrogens with two attached hydrogens (primary N) is 1. The molecular formula is C25H26N6O4. The molecule has 3 aromatic rings. The molecule has 1 heterocycles. The molecule has 0 aliphatic carbocycles. The zero-order chi connectivity index (χ0) is 25.4. The third-order valence-electron chi connectivity index (χ3n) is 5.13. The molecule has 10 heteroatoms. The number of aromatic nitrogens is 2. The van der Waals surface area contributed by atoms with Gasteiger partial charge in [-0.1, -0.05) is 24.8 Å². The first-order valence-corrected chi connectivity index (χ1v) is 10.6. The van der Waals surface area contributed by atoms with Crippen LogP contribution in [0.5, 0.6) is 11.5 Å². The molecule has 0 aliphatic heterocycles. The number of hydrogen-bond acceptors (Lipinski definition) is 9. The number of nitrogens with zero attached hydrogens (tertiary/aromatic N) is 3. The Morgan fingerprint density at radius 3 is 2.46 bits per heavy atom. The van der Waals surface area contributed by atoms with Gasteiger partial charge in [-0.15, -0.1) is 0 Å². The molecule has 1 aromatic heterocycles. The molecule has 4 N–H and O–H groups in total. The third kappa shape index (κ3) is 5.61. The molecule has 0 bridgehead atoms. The van der Waals surface area contributed by atoms with Crippen LogP contribution in [0, 0.1) is 5.41 Å². The molecule has 3 rings (SSSR count). The molecule has 35 heavy (non-hydrogen) atoms. The quantitative estimate of drug-likeness (QED) is 0.301. The topological polar surface area (TPSA) is 144 Å². The Balaban J connectivity index is 1.82. The Labute approximate surface area is 202 Å². The predicted molar refractivity (Wildman–Crippen MR) is 133 cm³/mol. The van der Waals surface area contributed by atoms with Gasteiger partial charge in [0.1, 0.15) is 18.0 Å². The maximum absolute atomic E-state index is 12.8. The van der Waals surface area contributed by atoms with Crippen molar-refractivity contribution in [1.82, 2.24) is 14.9 Å². The van der Waals surface area contributed by atoms with Gasteiger partial charge in [0.05, 0.1) is 25.5 Å². The van der Waals surface area contributed by atoms with Gasteiger partial charge < -0.3 is 20.5 Å². The molecule has 0 saturated heterocycles. The van der Waals surface area contributed by atoms with Crippen LogP contribution in [-0.2, 0) is 4.79 Å². The molecule has 0 spiro atoms. The van der Waals surface area contributed by atoms with Gasteiger partial charge in [-0.3, -0.25) is 19.9 Å². The van der Waals surface area contributed by atoms with Crippen LogP contribution in [0.2, 0.25) is 0 Å². The van der Waals surface area contributed by atoms with Crippen LogP contribution in [0.15, 0.2) is 67.5 Å². The smallest absolute Gasteiger partial charge is 0.260 e.